The van der Waals surface area contributed by atoms with Crippen molar-refractivity contribution in [3.05, 3.63) is 53.3 Å². The number of carbonyl (C=O) groups is 1. The Morgan fingerprint density at radius 3 is 2.22 bits per heavy atom. The Hall–Kier alpha value is -2.80. The summed E-state index contributed by atoms with van der Waals surface area (Å²) >= 11 is 0. The van der Waals surface area contributed by atoms with Gasteiger partial charge in [0.15, 0.2) is 29.6 Å². The van der Waals surface area contributed by atoms with Crippen molar-refractivity contribution < 1.29 is 28.3 Å². The number of ether oxygens (including phenoxy) is 3. The molecule has 2 N–H and O–H groups in total. The molecule has 0 aliphatic rings. The van der Waals surface area contributed by atoms with Crippen LogP contribution in [0.2, 0.25) is 0 Å². The number of amides is 1. The monoisotopic (exact) mass is 377 g/mol. The lowest BCUT2D eigenvalue weighted by molar-refractivity contribution is -0.885. The van der Waals surface area contributed by atoms with Crippen molar-refractivity contribution in [2.45, 2.75) is 13.1 Å². The molecule has 0 aliphatic carbocycles. The summed E-state index contributed by atoms with van der Waals surface area (Å²) in [6, 6.07) is 10.3. The van der Waals surface area contributed by atoms with Crippen molar-refractivity contribution in [2.75, 3.05) is 34.9 Å². The van der Waals surface area contributed by atoms with Crippen molar-refractivity contribution in [2.24, 2.45) is 0 Å². The smallest absolute Gasteiger partial charge is 0.275 e. The molecule has 1 amide bonds. The molecule has 0 bridgehead atoms. The molecule has 146 valence electrons. The lowest BCUT2D eigenvalue weighted by Gasteiger charge is -2.15. The van der Waals surface area contributed by atoms with Gasteiger partial charge in [-0.2, -0.15) is 0 Å². The van der Waals surface area contributed by atoms with E-state index in [2.05, 4.69) is 5.32 Å². The number of methoxy groups -OCH3 is 3. The van der Waals surface area contributed by atoms with Crippen LogP contribution >= 0.6 is 0 Å². The van der Waals surface area contributed by atoms with Crippen LogP contribution in [0.25, 0.3) is 0 Å². The highest BCUT2D eigenvalue weighted by atomic mass is 19.1. The van der Waals surface area contributed by atoms with Gasteiger partial charge in [0, 0.05) is 12.1 Å². The summed E-state index contributed by atoms with van der Waals surface area (Å²) in [6.07, 6.45) is 0. The Morgan fingerprint density at radius 1 is 0.963 bits per heavy atom. The number of quaternary nitrogens is 1. The first-order valence-electron chi connectivity index (χ1n) is 8.58. The predicted molar refractivity (Wildman–Crippen MR) is 99.8 cm³/mol. The molecule has 1 atom stereocenters. The molecule has 6 nitrogen and oxygen atoms in total. The first-order chi connectivity index (χ1) is 13.0. The van der Waals surface area contributed by atoms with Gasteiger partial charge in [0.25, 0.3) is 5.91 Å². The number of nitrogens with one attached hydrogen (secondary N) is 2. The Kier molecular flexibility index (Phi) is 7.43. The van der Waals surface area contributed by atoms with E-state index in [-0.39, 0.29) is 18.2 Å². The highest BCUT2D eigenvalue weighted by Gasteiger charge is 2.13. The molecule has 0 aliphatic heterocycles. The zero-order valence-corrected chi connectivity index (χ0v) is 16.1. The van der Waals surface area contributed by atoms with Crippen LogP contribution in [0.3, 0.4) is 0 Å². The van der Waals surface area contributed by atoms with Gasteiger partial charge in [-0.1, -0.05) is 6.07 Å². The number of hydrogen-bond donors (Lipinski definition) is 2. The second-order valence-electron chi connectivity index (χ2n) is 6.25. The molecule has 0 spiro atoms. The topological polar surface area (TPSA) is 61.2 Å². The van der Waals surface area contributed by atoms with E-state index in [0.29, 0.717) is 24.6 Å². The summed E-state index contributed by atoms with van der Waals surface area (Å²) in [4.78, 5) is 13.1. The fourth-order valence-electron chi connectivity index (χ4n) is 2.76. The van der Waals surface area contributed by atoms with E-state index >= 15 is 0 Å². The third kappa shape index (κ3) is 5.86. The van der Waals surface area contributed by atoms with Crippen LogP contribution in [0.4, 0.5) is 4.39 Å². The first-order valence-corrected chi connectivity index (χ1v) is 8.58. The lowest BCUT2D eigenvalue weighted by Crippen LogP contribution is -3.08. The van der Waals surface area contributed by atoms with E-state index < -0.39 is 5.82 Å². The quantitative estimate of drug-likeness (QED) is 0.689. The average molecular weight is 377 g/mol. The van der Waals surface area contributed by atoms with Gasteiger partial charge in [-0.05, 0) is 35.9 Å². The van der Waals surface area contributed by atoms with Crippen molar-refractivity contribution in [3.8, 4) is 17.2 Å². The van der Waals surface area contributed by atoms with Gasteiger partial charge in [-0.3, -0.25) is 4.79 Å². The molecule has 2 aromatic rings. The summed E-state index contributed by atoms with van der Waals surface area (Å²) in [7, 11) is 6.46. The number of hydrogen-bond acceptors (Lipinski definition) is 4. The van der Waals surface area contributed by atoms with Gasteiger partial charge >= 0.3 is 0 Å². The highest BCUT2D eigenvalue weighted by Crippen LogP contribution is 2.27. The van der Waals surface area contributed by atoms with Crippen LogP contribution in [0, 0.1) is 5.82 Å². The number of carbonyl (C=O) groups excluding carboxylic acids is 1. The van der Waals surface area contributed by atoms with Crippen LogP contribution in [-0.2, 0) is 17.9 Å². The molecular weight excluding hydrogens is 351 g/mol. The van der Waals surface area contributed by atoms with E-state index in [1.165, 1.54) is 13.2 Å². The fourth-order valence-corrected chi connectivity index (χ4v) is 2.76. The summed E-state index contributed by atoms with van der Waals surface area (Å²) in [5.74, 6) is 0.984. The van der Waals surface area contributed by atoms with Crippen LogP contribution in [-0.4, -0.2) is 40.8 Å². The lowest BCUT2D eigenvalue weighted by atomic mass is 10.2. The minimum atomic E-state index is -0.402. The second-order valence-corrected chi connectivity index (χ2v) is 6.25. The maximum absolute atomic E-state index is 13.8. The first kappa shape index (κ1) is 20.5. The highest BCUT2D eigenvalue weighted by molar-refractivity contribution is 5.76. The molecule has 0 heterocycles. The number of benzene rings is 2. The molecule has 0 saturated heterocycles. The molecule has 0 aromatic heterocycles. The van der Waals surface area contributed by atoms with Crippen molar-refractivity contribution in [1.29, 1.82) is 0 Å². The van der Waals surface area contributed by atoms with Gasteiger partial charge in [0.05, 0.1) is 28.4 Å². The van der Waals surface area contributed by atoms with Crippen LogP contribution in [0.1, 0.15) is 11.1 Å². The number of halogens is 1. The van der Waals surface area contributed by atoms with Gasteiger partial charge in [0.2, 0.25) is 0 Å². The van der Waals surface area contributed by atoms with E-state index in [9.17, 15) is 9.18 Å². The molecular formula is C20H26FN2O4+. The maximum Gasteiger partial charge on any atom is 0.275 e. The molecule has 0 saturated carbocycles. The SMILES string of the molecule is COc1ccc(C[NH+](C)CC(=O)NCc2ccc(OC)c(OC)c2)cc1F. The van der Waals surface area contributed by atoms with Crippen molar-refractivity contribution >= 4 is 5.91 Å². The zero-order chi connectivity index (χ0) is 19.8. The van der Waals surface area contributed by atoms with Gasteiger partial charge in [-0.15, -0.1) is 0 Å². The normalized spacial score (nSPS) is 11.6. The third-order valence-corrected chi connectivity index (χ3v) is 4.12. The largest absolute Gasteiger partial charge is 0.494 e. The third-order valence-electron chi connectivity index (χ3n) is 4.12. The van der Waals surface area contributed by atoms with Gasteiger partial charge < -0.3 is 24.4 Å². The van der Waals surface area contributed by atoms with Gasteiger partial charge in [0.1, 0.15) is 6.54 Å². The van der Waals surface area contributed by atoms with Gasteiger partial charge in [-0.25, -0.2) is 4.39 Å². The van der Waals surface area contributed by atoms with E-state index in [4.69, 9.17) is 14.2 Å². The van der Waals surface area contributed by atoms with Crippen LogP contribution in [0.5, 0.6) is 17.2 Å². The van der Waals surface area contributed by atoms with Crippen LogP contribution in [0.15, 0.2) is 36.4 Å². The number of rotatable bonds is 9. The summed E-state index contributed by atoms with van der Waals surface area (Å²) in [6.45, 7) is 1.20. The summed E-state index contributed by atoms with van der Waals surface area (Å²) < 4.78 is 29.1. The van der Waals surface area contributed by atoms with Crippen molar-refractivity contribution in [3.63, 3.8) is 0 Å². The minimum absolute atomic E-state index is 0.0868. The maximum atomic E-state index is 13.8. The predicted octanol–water partition coefficient (Wildman–Crippen LogP) is 1.18. The average Bonchev–Trinajstić information content (AvgIpc) is 2.66. The zero-order valence-electron chi connectivity index (χ0n) is 16.1. The fraction of sp³-hybridized carbons (Fsp3) is 0.350. The van der Waals surface area contributed by atoms with E-state index in [1.54, 1.807) is 32.4 Å². The standard InChI is InChI=1S/C20H25FN2O4/c1-23(12-15-6-7-17(25-2)16(21)9-15)13-20(24)22-11-14-5-8-18(26-3)19(10-14)27-4/h5-10H,11-13H2,1-4H3,(H,22,24)/p+1. The van der Waals surface area contributed by atoms with E-state index in [0.717, 1.165) is 16.0 Å². The summed E-state index contributed by atoms with van der Waals surface area (Å²) in [5, 5.41) is 2.88. The van der Waals surface area contributed by atoms with Crippen LogP contribution < -0.4 is 24.4 Å². The molecule has 0 radical (unpaired) electrons. The summed E-state index contributed by atoms with van der Waals surface area (Å²) in [5.41, 5.74) is 1.72. The number of likely N-dealkylation sites (N-methyl/N-ethyl adjacent to an activating group) is 1. The molecule has 2 aromatic carbocycles. The van der Waals surface area contributed by atoms with Crippen molar-refractivity contribution in [1.82, 2.24) is 5.32 Å². The Morgan fingerprint density at radius 2 is 1.59 bits per heavy atom. The molecule has 2 rings (SSSR count). The molecule has 27 heavy (non-hydrogen) atoms. The Balaban J connectivity index is 1.85. The second kappa shape index (κ2) is 9.78. The minimum Gasteiger partial charge on any atom is -0.494 e. The molecule has 1 unspecified atom stereocenters. The Labute approximate surface area is 158 Å². The van der Waals surface area contributed by atoms with E-state index in [1.807, 2.05) is 19.2 Å². The molecule has 7 heteroatoms. The molecule has 0 fully saturated rings. The Bertz CT molecular complexity index is 783.